The van der Waals surface area contributed by atoms with Crippen LogP contribution < -0.4 is 11.1 Å². The van der Waals surface area contributed by atoms with Gasteiger partial charge in [-0.25, -0.2) is 0 Å². The van der Waals surface area contributed by atoms with E-state index in [9.17, 15) is 4.79 Å². The molecular weight excluding hydrogens is 240 g/mol. The van der Waals surface area contributed by atoms with E-state index in [0.717, 1.165) is 6.54 Å². The van der Waals surface area contributed by atoms with Crippen LogP contribution in [0.25, 0.3) is 0 Å². The van der Waals surface area contributed by atoms with Crippen LogP contribution in [0.2, 0.25) is 0 Å². The van der Waals surface area contributed by atoms with E-state index in [4.69, 9.17) is 10.5 Å². The maximum Gasteiger partial charge on any atom is 0.240 e. The summed E-state index contributed by atoms with van der Waals surface area (Å²) in [5, 5.41) is 2.99. The monoisotopic (exact) mass is 262 g/mol. The van der Waals surface area contributed by atoms with Gasteiger partial charge in [0.05, 0.1) is 5.54 Å². The Morgan fingerprint density at radius 2 is 1.94 bits per heavy atom. The Morgan fingerprint density at radius 1 is 1.41 bits per heavy atom. The third-order valence-electron chi connectivity index (χ3n) is 4.06. The fourth-order valence-electron chi connectivity index (χ4n) is 2.28. The summed E-state index contributed by atoms with van der Waals surface area (Å²) >= 11 is 0. The molecule has 2 rings (SSSR count). The van der Waals surface area contributed by atoms with E-state index < -0.39 is 5.54 Å². The van der Waals surface area contributed by atoms with Gasteiger partial charge in [0.25, 0.3) is 0 Å². The third-order valence-corrected chi connectivity index (χ3v) is 4.06. The minimum absolute atomic E-state index is 0. The van der Waals surface area contributed by atoms with Crippen LogP contribution in [0.1, 0.15) is 33.1 Å². The predicted molar refractivity (Wildman–Crippen MR) is 69.1 cm³/mol. The zero-order valence-corrected chi connectivity index (χ0v) is 11.4. The molecular formula is C12H23ClN2O2. The Hall–Kier alpha value is -0.320. The normalized spacial score (nSPS) is 29.0. The van der Waals surface area contributed by atoms with E-state index >= 15 is 0 Å². The highest BCUT2D eigenvalue weighted by Gasteiger charge is 2.46. The molecule has 1 unspecified atom stereocenters. The molecule has 0 radical (unpaired) electrons. The molecule has 4 nitrogen and oxygen atoms in total. The number of nitrogens with one attached hydrogen (secondary N) is 1. The van der Waals surface area contributed by atoms with Gasteiger partial charge in [-0.2, -0.15) is 0 Å². The van der Waals surface area contributed by atoms with Crippen LogP contribution in [-0.2, 0) is 9.53 Å². The molecule has 0 aromatic heterocycles. The topological polar surface area (TPSA) is 64.4 Å². The maximum absolute atomic E-state index is 12.0. The van der Waals surface area contributed by atoms with Crippen molar-refractivity contribution in [1.29, 1.82) is 0 Å². The van der Waals surface area contributed by atoms with Crippen LogP contribution >= 0.6 is 12.4 Å². The number of halogens is 1. The van der Waals surface area contributed by atoms with Crippen molar-refractivity contribution in [1.82, 2.24) is 5.32 Å². The molecule has 0 aromatic rings. The van der Waals surface area contributed by atoms with E-state index in [2.05, 4.69) is 19.2 Å². The lowest BCUT2D eigenvalue weighted by atomic mass is 9.90. The first-order valence-electron chi connectivity index (χ1n) is 6.09. The largest absolute Gasteiger partial charge is 0.381 e. The molecule has 0 bridgehead atoms. The van der Waals surface area contributed by atoms with Crippen LogP contribution in [-0.4, -0.2) is 31.2 Å². The van der Waals surface area contributed by atoms with E-state index in [1.807, 2.05) is 0 Å². The fourth-order valence-corrected chi connectivity index (χ4v) is 2.28. The number of ether oxygens (including phenoxy) is 1. The number of carbonyl (C=O) groups is 1. The molecule has 1 heterocycles. The van der Waals surface area contributed by atoms with Gasteiger partial charge in [-0.15, -0.1) is 12.4 Å². The summed E-state index contributed by atoms with van der Waals surface area (Å²) in [4.78, 5) is 12.0. The first-order valence-corrected chi connectivity index (χ1v) is 6.09. The van der Waals surface area contributed by atoms with Crippen LogP contribution in [0.15, 0.2) is 0 Å². The van der Waals surface area contributed by atoms with Crippen LogP contribution in [0.4, 0.5) is 0 Å². The van der Waals surface area contributed by atoms with Gasteiger partial charge in [0.15, 0.2) is 0 Å². The van der Waals surface area contributed by atoms with Crippen LogP contribution in [0.5, 0.6) is 0 Å². The van der Waals surface area contributed by atoms with Gasteiger partial charge < -0.3 is 15.8 Å². The van der Waals surface area contributed by atoms with Gasteiger partial charge in [-0.3, -0.25) is 4.79 Å². The quantitative estimate of drug-likeness (QED) is 0.800. The van der Waals surface area contributed by atoms with Crippen LogP contribution in [0, 0.1) is 11.3 Å². The average Bonchev–Trinajstić information content (AvgIpc) is 2.84. The van der Waals surface area contributed by atoms with Gasteiger partial charge in [-0.05, 0) is 30.6 Å². The summed E-state index contributed by atoms with van der Waals surface area (Å²) in [5.74, 6) is 0.624. The molecule has 1 saturated heterocycles. The summed E-state index contributed by atoms with van der Waals surface area (Å²) in [6.07, 6.45) is 2.47. The van der Waals surface area contributed by atoms with Gasteiger partial charge in [0.2, 0.25) is 5.91 Å². The average molecular weight is 263 g/mol. The Balaban J connectivity index is 0.00000144. The molecule has 0 aromatic carbocycles. The Kier molecular flexibility index (Phi) is 4.44. The lowest BCUT2D eigenvalue weighted by Crippen LogP contribution is -2.57. The molecule has 2 fully saturated rings. The number of hydrogen-bond donors (Lipinski definition) is 2. The highest BCUT2D eigenvalue weighted by atomic mass is 35.5. The molecule has 1 saturated carbocycles. The van der Waals surface area contributed by atoms with Gasteiger partial charge in [0.1, 0.15) is 0 Å². The molecule has 1 atom stereocenters. The number of rotatable bonds is 3. The molecule has 17 heavy (non-hydrogen) atoms. The van der Waals surface area contributed by atoms with Crippen molar-refractivity contribution in [3.63, 3.8) is 0 Å². The summed E-state index contributed by atoms with van der Waals surface area (Å²) in [7, 11) is 0. The Morgan fingerprint density at radius 3 is 2.41 bits per heavy atom. The van der Waals surface area contributed by atoms with E-state index in [1.165, 1.54) is 6.42 Å². The third kappa shape index (κ3) is 3.33. The summed E-state index contributed by atoms with van der Waals surface area (Å²) in [6, 6.07) is 0. The lowest BCUT2D eigenvalue weighted by molar-refractivity contribution is -0.129. The van der Waals surface area contributed by atoms with Crippen molar-refractivity contribution in [3.05, 3.63) is 0 Å². The molecule has 5 heteroatoms. The summed E-state index contributed by atoms with van der Waals surface area (Å²) < 4.78 is 5.23. The van der Waals surface area contributed by atoms with Crippen LogP contribution in [0.3, 0.4) is 0 Å². The minimum atomic E-state index is -0.697. The number of nitrogens with two attached hydrogens (primary N) is 1. The smallest absolute Gasteiger partial charge is 0.240 e. The lowest BCUT2D eigenvalue weighted by Gasteiger charge is -2.31. The SMILES string of the molecule is CC1(C)CC1CNC(=O)C1(N)CCOCC1.Cl. The van der Waals surface area contributed by atoms with E-state index in [-0.39, 0.29) is 18.3 Å². The van der Waals surface area contributed by atoms with Gasteiger partial charge >= 0.3 is 0 Å². The van der Waals surface area contributed by atoms with Gasteiger partial charge in [0, 0.05) is 19.8 Å². The first kappa shape index (κ1) is 14.7. The van der Waals surface area contributed by atoms with Crippen molar-refractivity contribution in [2.75, 3.05) is 19.8 Å². The molecule has 0 spiro atoms. The molecule has 2 aliphatic rings. The van der Waals surface area contributed by atoms with E-state index in [1.54, 1.807) is 0 Å². The standard InChI is InChI=1S/C12H22N2O2.ClH/c1-11(2)7-9(11)8-14-10(15)12(13)3-5-16-6-4-12;/h9H,3-8,13H2,1-2H3,(H,14,15);1H. The van der Waals surface area contributed by atoms with Crippen molar-refractivity contribution < 1.29 is 9.53 Å². The molecule has 1 aliphatic carbocycles. The molecule has 3 N–H and O–H groups in total. The fraction of sp³-hybridized carbons (Fsp3) is 0.917. The zero-order valence-electron chi connectivity index (χ0n) is 10.6. The predicted octanol–water partition coefficient (Wildman–Crippen LogP) is 1.08. The molecule has 100 valence electrons. The minimum Gasteiger partial charge on any atom is -0.381 e. The summed E-state index contributed by atoms with van der Waals surface area (Å²) in [6.45, 7) is 6.43. The second kappa shape index (κ2) is 5.12. The first-order chi connectivity index (χ1) is 7.44. The zero-order chi connectivity index (χ0) is 11.8. The number of amides is 1. The number of carbonyl (C=O) groups excluding carboxylic acids is 1. The van der Waals surface area contributed by atoms with Crippen molar-refractivity contribution in [3.8, 4) is 0 Å². The van der Waals surface area contributed by atoms with Gasteiger partial charge in [-0.1, -0.05) is 13.8 Å². The van der Waals surface area contributed by atoms with Crippen molar-refractivity contribution in [2.24, 2.45) is 17.1 Å². The van der Waals surface area contributed by atoms with Crippen molar-refractivity contribution >= 4 is 18.3 Å². The highest BCUT2D eigenvalue weighted by molar-refractivity contribution is 5.86. The second-order valence-corrected chi connectivity index (χ2v) is 5.87. The highest BCUT2D eigenvalue weighted by Crippen LogP contribution is 2.51. The molecule has 1 amide bonds. The summed E-state index contributed by atoms with van der Waals surface area (Å²) in [5.41, 5.74) is 5.80. The Bertz CT molecular complexity index is 288. The van der Waals surface area contributed by atoms with E-state index in [0.29, 0.717) is 37.4 Å². The number of hydrogen-bond acceptors (Lipinski definition) is 3. The Labute approximate surface area is 109 Å². The van der Waals surface area contributed by atoms with Crippen molar-refractivity contribution in [2.45, 2.75) is 38.6 Å². The maximum atomic E-state index is 12.0. The molecule has 1 aliphatic heterocycles. The second-order valence-electron chi connectivity index (χ2n) is 5.87.